The van der Waals surface area contributed by atoms with Crippen molar-refractivity contribution in [3.8, 4) is 0 Å². The van der Waals surface area contributed by atoms with Crippen LogP contribution in [-0.2, 0) is 0 Å². The summed E-state index contributed by atoms with van der Waals surface area (Å²) < 4.78 is 0. The fourth-order valence-electron chi connectivity index (χ4n) is 2.94. The molecule has 1 aromatic carbocycles. The Balaban J connectivity index is 1.95. The van der Waals surface area contributed by atoms with Crippen LogP contribution < -0.4 is 0 Å². The van der Waals surface area contributed by atoms with Crippen molar-refractivity contribution in [2.75, 3.05) is 25.0 Å². The lowest BCUT2D eigenvalue weighted by molar-refractivity contribution is 0.253. The van der Waals surface area contributed by atoms with Gasteiger partial charge < -0.3 is 4.90 Å². The number of hydrogen-bond acceptors (Lipinski definition) is 1. The van der Waals surface area contributed by atoms with Crippen LogP contribution in [0.3, 0.4) is 0 Å². The Morgan fingerprint density at radius 3 is 2.58 bits per heavy atom. The maximum Gasteiger partial charge on any atom is 0.0112 e. The number of benzene rings is 1. The maximum atomic E-state index is 3.69. The van der Waals surface area contributed by atoms with Gasteiger partial charge >= 0.3 is 0 Å². The van der Waals surface area contributed by atoms with Gasteiger partial charge in [0, 0.05) is 17.8 Å². The molecule has 1 aromatic rings. The van der Waals surface area contributed by atoms with Crippen molar-refractivity contribution in [2.24, 2.45) is 5.41 Å². The van der Waals surface area contributed by atoms with Crippen LogP contribution in [0.25, 0.3) is 0 Å². The molecular formula is C17H26BrN. The SMILES string of the molecule is CC1(C)CCCN(CC(CBr)c2ccccc2)CC1. The van der Waals surface area contributed by atoms with Crippen molar-refractivity contribution in [1.82, 2.24) is 4.90 Å². The maximum absolute atomic E-state index is 3.69. The second kappa shape index (κ2) is 6.90. The first kappa shape index (κ1) is 15.1. The van der Waals surface area contributed by atoms with E-state index in [1.807, 2.05) is 0 Å². The van der Waals surface area contributed by atoms with E-state index in [1.165, 1.54) is 44.5 Å². The van der Waals surface area contributed by atoms with E-state index < -0.39 is 0 Å². The molecule has 1 aliphatic heterocycles. The van der Waals surface area contributed by atoms with Crippen LogP contribution in [0.4, 0.5) is 0 Å². The summed E-state index contributed by atoms with van der Waals surface area (Å²) in [6.45, 7) is 8.53. The molecule has 1 unspecified atom stereocenters. The van der Waals surface area contributed by atoms with Crippen LogP contribution in [-0.4, -0.2) is 29.9 Å². The Morgan fingerprint density at radius 2 is 1.89 bits per heavy atom. The third-order valence-electron chi connectivity index (χ3n) is 4.37. The standard InChI is InChI=1S/C17H26BrN/c1-17(2)9-6-11-19(12-10-17)14-16(13-18)15-7-4-3-5-8-15/h3-5,7-8,16H,6,9-14H2,1-2H3. The van der Waals surface area contributed by atoms with Gasteiger partial charge in [-0.3, -0.25) is 0 Å². The van der Waals surface area contributed by atoms with Gasteiger partial charge in [0.2, 0.25) is 0 Å². The van der Waals surface area contributed by atoms with Crippen molar-refractivity contribution < 1.29 is 0 Å². The summed E-state index contributed by atoms with van der Waals surface area (Å²) >= 11 is 3.69. The number of nitrogens with zero attached hydrogens (tertiary/aromatic N) is 1. The molecule has 0 saturated carbocycles. The molecule has 0 aromatic heterocycles. The first-order valence-electron chi connectivity index (χ1n) is 7.44. The molecular weight excluding hydrogens is 298 g/mol. The van der Waals surface area contributed by atoms with E-state index >= 15 is 0 Å². The largest absolute Gasteiger partial charge is 0.303 e. The zero-order chi connectivity index (χ0) is 13.7. The third kappa shape index (κ3) is 4.61. The van der Waals surface area contributed by atoms with E-state index in [0.717, 1.165) is 5.33 Å². The highest BCUT2D eigenvalue weighted by atomic mass is 79.9. The fourth-order valence-corrected chi connectivity index (χ4v) is 3.52. The average Bonchev–Trinajstić information content (AvgIpc) is 2.58. The summed E-state index contributed by atoms with van der Waals surface area (Å²) in [7, 11) is 0. The predicted molar refractivity (Wildman–Crippen MR) is 87.0 cm³/mol. The molecule has 0 radical (unpaired) electrons. The van der Waals surface area contributed by atoms with Crippen molar-refractivity contribution in [1.29, 1.82) is 0 Å². The Hall–Kier alpha value is -0.340. The van der Waals surface area contributed by atoms with Crippen molar-refractivity contribution in [3.63, 3.8) is 0 Å². The highest BCUT2D eigenvalue weighted by Gasteiger charge is 2.24. The first-order chi connectivity index (χ1) is 9.11. The van der Waals surface area contributed by atoms with Gasteiger partial charge in [0.1, 0.15) is 0 Å². The molecule has 1 nitrogen and oxygen atoms in total. The first-order valence-corrected chi connectivity index (χ1v) is 8.56. The molecule has 1 heterocycles. The quantitative estimate of drug-likeness (QED) is 0.727. The molecule has 1 saturated heterocycles. The number of likely N-dealkylation sites (tertiary alicyclic amines) is 1. The molecule has 0 N–H and O–H groups in total. The van der Waals surface area contributed by atoms with Gasteiger partial charge in [-0.05, 0) is 43.3 Å². The van der Waals surface area contributed by atoms with E-state index in [4.69, 9.17) is 0 Å². The highest BCUT2D eigenvalue weighted by Crippen LogP contribution is 2.30. The van der Waals surface area contributed by atoms with Crippen LogP contribution >= 0.6 is 15.9 Å². The van der Waals surface area contributed by atoms with E-state index in [-0.39, 0.29) is 0 Å². The smallest absolute Gasteiger partial charge is 0.0112 e. The minimum Gasteiger partial charge on any atom is -0.303 e. The van der Waals surface area contributed by atoms with Crippen molar-refractivity contribution in [2.45, 2.75) is 39.0 Å². The average molecular weight is 324 g/mol. The normalized spacial score (nSPS) is 21.8. The van der Waals surface area contributed by atoms with E-state index in [9.17, 15) is 0 Å². The predicted octanol–water partition coefficient (Wildman–Crippen LogP) is 4.68. The molecule has 19 heavy (non-hydrogen) atoms. The summed E-state index contributed by atoms with van der Waals surface area (Å²) in [5, 5.41) is 1.05. The summed E-state index contributed by atoms with van der Waals surface area (Å²) in [5.74, 6) is 0.613. The van der Waals surface area contributed by atoms with E-state index in [0.29, 0.717) is 11.3 Å². The van der Waals surface area contributed by atoms with Gasteiger partial charge in [-0.25, -0.2) is 0 Å². The second-order valence-corrected chi connectivity index (χ2v) is 7.23. The highest BCUT2D eigenvalue weighted by molar-refractivity contribution is 9.09. The van der Waals surface area contributed by atoms with Gasteiger partial charge in [-0.15, -0.1) is 0 Å². The lowest BCUT2D eigenvalue weighted by Crippen LogP contribution is -2.30. The summed E-state index contributed by atoms with van der Waals surface area (Å²) in [4.78, 5) is 2.66. The minimum atomic E-state index is 0.533. The number of hydrogen-bond donors (Lipinski definition) is 0. The van der Waals surface area contributed by atoms with Crippen LogP contribution in [0.5, 0.6) is 0 Å². The van der Waals surface area contributed by atoms with Crippen LogP contribution in [0.15, 0.2) is 30.3 Å². The topological polar surface area (TPSA) is 3.24 Å². The van der Waals surface area contributed by atoms with Crippen molar-refractivity contribution in [3.05, 3.63) is 35.9 Å². The Labute approximate surface area is 126 Å². The monoisotopic (exact) mass is 323 g/mol. The fraction of sp³-hybridized carbons (Fsp3) is 0.647. The Bertz CT molecular complexity index is 374. The van der Waals surface area contributed by atoms with Gasteiger partial charge in [0.15, 0.2) is 0 Å². The molecule has 1 atom stereocenters. The molecule has 106 valence electrons. The van der Waals surface area contributed by atoms with Gasteiger partial charge in [0.25, 0.3) is 0 Å². The van der Waals surface area contributed by atoms with Gasteiger partial charge in [-0.1, -0.05) is 60.1 Å². The molecule has 0 bridgehead atoms. The van der Waals surface area contributed by atoms with E-state index in [2.05, 4.69) is 65.0 Å². The van der Waals surface area contributed by atoms with E-state index in [1.54, 1.807) is 0 Å². The number of rotatable bonds is 4. The third-order valence-corrected chi connectivity index (χ3v) is 5.15. The Morgan fingerprint density at radius 1 is 1.16 bits per heavy atom. The number of halogens is 1. The number of alkyl halides is 1. The van der Waals surface area contributed by atoms with Crippen LogP contribution in [0, 0.1) is 5.41 Å². The van der Waals surface area contributed by atoms with Crippen molar-refractivity contribution >= 4 is 15.9 Å². The summed E-state index contributed by atoms with van der Waals surface area (Å²) in [6.07, 6.45) is 4.04. The lowest BCUT2D eigenvalue weighted by Gasteiger charge is -2.26. The lowest BCUT2D eigenvalue weighted by atomic mass is 9.85. The molecule has 1 aliphatic rings. The van der Waals surface area contributed by atoms with Gasteiger partial charge in [0.05, 0.1) is 0 Å². The minimum absolute atomic E-state index is 0.533. The molecule has 2 heteroatoms. The molecule has 0 aliphatic carbocycles. The van der Waals surface area contributed by atoms with Crippen LogP contribution in [0.2, 0.25) is 0 Å². The van der Waals surface area contributed by atoms with Gasteiger partial charge in [-0.2, -0.15) is 0 Å². The molecule has 1 fully saturated rings. The molecule has 2 rings (SSSR count). The Kier molecular flexibility index (Phi) is 5.47. The summed E-state index contributed by atoms with van der Waals surface area (Å²) in [5.41, 5.74) is 1.99. The molecule has 0 spiro atoms. The zero-order valence-corrected chi connectivity index (χ0v) is 13.8. The second-order valence-electron chi connectivity index (χ2n) is 6.58. The zero-order valence-electron chi connectivity index (χ0n) is 12.2. The van der Waals surface area contributed by atoms with Crippen LogP contribution in [0.1, 0.15) is 44.6 Å². The molecule has 0 amide bonds. The summed E-state index contributed by atoms with van der Waals surface area (Å²) in [6, 6.07) is 10.9.